The molecule has 1 N–H and O–H groups in total. The van der Waals surface area contributed by atoms with Crippen LogP contribution in [0.1, 0.15) is 10.4 Å². The summed E-state index contributed by atoms with van der Waals surface area (Å²) in [6.45, 7) is 0. The first kappa shape index (κ1) is 17.7. The maximum absolute atomic E-state index is 12.3. The number of carbonyl (C=O) groups excluding carboxylic acids is 1. The predicted molar refractivity (Wildman–Crippen MR) is 106 cm³/mol. The van der Waals surface area contributed by atoms with Crippen LogP contribution < -0.4 is 10.2 Å². The standard InChI is InChI=1S/C18H15Cl2N3OS/c1-23(2)13-6-3-11(4-7-13)17(24)22-18-21-10-16(25-18)12-5-8-14(19)15(20)9-12/h3-10H,1-2H3,(H,21,22,24). The minimum absolute atomic E-state index is 0.194. The van der Waals surface area contributed by atoms with Gasteiger partial charge >= 0.3 is 0 Å². The lowest BCUT2D eigenvalue weighted by Gasteiger charge is -2.12. The molecule has 1 amide bonds. The van der Waals surface area contributed by atoms with Crippen molar-refractivity contribution in [3.63, 3.8) is 0 Å². The van der Waals surface area contributed by atoms with Crippen molar-refractivity contribution in [2.75, 3.05) is 24.3 Å². The molecule has 1 aromatic heterocycles. The SMILES string of the molecule is CN(C)c1ccc(C(=O)Nc2ncc(-c3ccc(Cl)c(Cl)c3)s2)cc1. The third-order valence-electron chi connectivity index (χ3n) is 3.58. The minimum Gasteiger partial charge on any atom is -0.378 e. The number of aromatic nitrogens is 1. The van der Waals surface area contributed by atoms with E-state index in [0.717, 1.165) is 16.1 Å². The molecule has 0 aliphatic carbocycles. The highest BCUT2D eigenvalue weighted by atomic mass is 35.5. The minimum atomic E-state index is -0.194. The van der Waals surface area contributed by atoms with Gasteiger partial charge in [-0.05, 0) is 42.0 Å². The van der Waals surface area contributed by atoms with E-state index in [0.29, 0.717) is 20.7 Å². The molecule has 0 spiro atoms. The fourth-order valence-electron chi connectivity index (χ4n) is 2.19. The first-order valence-corrected chi connectivity index (χ1v) is 9.01. The number of benzene rings is 2. The Morgan fingerprint density at radius 2 is 1.80 bits per heavy atom. The second-order valence-electron chi connectivity index (χ2n) is 5.55. The molecule has 0 bridgehead atoms. The number of anilines is 2. The molecular formula is C18H15Cl2N3OS. The zero-order valence-electron chi connectivity index (χ0n) is 13.6. The monoisotopic (exact) mass is 391 g/mol. The number of carbonyl (C=O) groups is 1. The summed E-state index contributed by atoms with van der Waals surface area (Å²) in [7, 11) is 3.91. The summed E-state index contributed by atoms with van der Waals surface area (Å²) in [4.78, 5) is 19.5. The molecule has 1 heterocycles. The van der Waals surface area contributed by atoms with Crippen LogP contribution >= 0.6 is 34.5 Å². The lowest BCUT2D eigenvalue weighted by Crippen LogP contribution is -2.12. The van der Waals surface area contributed by atoms with Crippen LogP contribution in [0.2, 0.25) is 10.0 Å². The molecule has 0 radical (unpaired) electrons. The molecule has 0 aliphatic rings. The predicted octanol–water partition coefficient (Wildman–Crippen LogP) is 5.44. The van der Waals surface area contributed by atoms with Gasteiger partial charge in [-0.15, -0.1) is 0 Å². The van der Waals surface area contributed by atoms with Gasteiger partial charge in [-0.3, -0.25) is 10.1 Å². The van der Waals surface area contributed by atoms with Gasteiger partial charge < -0.3 is 4.90 Å². The van der Waals surface area contributed by atoms with E-state index < -0.39 is 0 Å². The highest BCUT2D eigenvalue weighted by Crippen LogP contribution is 2.33. The third-order valence-corrected chi connectivity index (χ3v) is 5.28. The molecule has 0 saturated carbocycles. The molecule has 0 fully saturated rings. The largest absolute Gasteiger partial charge is 0.378 e. The van der Waals surface area contributed by atoms with E-state index in [-0.39, 0.29) is 5.91 Å². The summed E-state index contributed by atoms with van der Waals surface area (Å²) < 4.78 is 0. The molecule has 3 aromatic rings. The van der Waals surface area contributed by atoms with E-state index in [1.807, 2.05) is 37.2 Å². The van der Waals surface area contributed by atoms with Crippen LogP contribution in [0.25, 0.3) is 10.4 Å². The highest BCUT2D eigenvalue weighted by molar-refractivity contribution is 7.19. The first-order chi connectivity index (χ1) is 11.9. The van der Waals surface area contributed by atoms with Crippen LogP contribution in [0, 0.1) is 0 Å². The number of hydrogen-bond donors (Lipinski definition) is 1. The molecule has 0 atom stereocenters. The van der Waals surface area contributed by atoms with Gasteiger partial charge in [0.1, 0.15) is 0 Å². The van der Waals surface area contributed by atoms with Crippen LogP contribution in [0.15, 0.2) is 48.7 Å². The molecule has 0 aliphatic heterocycles. The Morgan fingerprint density at radius 3 is 2.44 bits per heavy atom. The number of nitrogens with one attached hydrogen (secondary N) is 1. The molecule has 4 nitrogen and oxygen atoms in total. The lowest BCUT2D eigenvalue weighted by molar-refractivity contribution is 0.102. The van der Waals surface area contributed by atoms with E-state index in [2.05, 4.69) is 10.3 Å². The first-order valence-electron chi connectivity index (χ1n) is 7.44. The average molecular weight is 392 g/mol. The van der Waals surface area contributed by atoms with Crippen molar-refractivity contribution in [2.24, 2.45) is 0 Å². The zero-order valence-corrected chi connectivity index (χ0v) is 15.9. The Bertz CT molecular complexity index is 907. The number of thiazole rings is 1. The summed E-state index contributed by atoms with van der Waals surface area (Å²) >= 11 is 13.4. The van der Waals surface area contributed by atoms with Crippen LogP contribution in [-0.4, -0.2) is 25.0 Å². The van der Waals surface area contributed by atoms with Gasteiger partial charge in [0.25, 0.3) is 5.91 Å². The number of hydrogen-bond acceptors (Lipinski definition) is 4. The second kappa shape index (κ2) is 7.44. The van der Waals surface area contributed by atoms with Crippen molar-refractivity contribution >= 4 is 51.3 Å². The Balaban J connectivity index is 1.74. The molecule has 0 saturated heterocycles. The van der Waals surface area contributed by atoms with Gasteiger partial charge in [-0.2, -0.15) is 0 Å². The molecular weight excluding hydrogens is 377 g/mol. The summed E-state index contributed by atoms with van der Waals surface area (Å²) in [6.07, 6.45) is 1.70. The van der Waals surface area contributed by atoms with Gasteiger partial charge in [0.2, 0.25) is 0 Å². The second-order valence-corrected chi connectivity index (χ2v) is 7.40. The van der Waals surface area contributed by atoms with Gasteiger partial charge in [-0.25, -0.2) is 4.98 Å². The van der Waals surface area contributed by atoms with E-state index in [1.54, 1.807) is 30.5 Å². The van der Waals surface area contributed by atoms with Crippen molar-refractivity contribution < 1.29 is 4.79 Å². The Morgan fingerprint density at radius 1 is 1.08 bits per heavy atom. The normalized spacial score (nSPS) is 10.6. The number of amides is 1. The number of nitrogens with zero attached hydrogens (tertiary/aromatic N) is 2. The topological polar surface area (TPSA) is 45.2 Å². The summed E-state index contributed by atoms with van der Waals surface area (Å²) in [5, 5.41) is 4.34. The quantitative estimate of drug-likeness (QED) is 0.644. The van der Waals surface area contributed by atoms with Crippen LogP contribution in [-0.2, 0) is 0 Å². The van der Waals surface area contributed by atoms with Crippen LogP contribution in [0.3, 0.4) is 0 Å². The third kappa shape index (κ3) is 4.12. The zero-order chi connectivity index (χ0) is 18.0. The van der Waals surface area contributed by atoms with Gasteiger partial charge in [0.05, 0.1) is 14.9 Å². The molecule has 25 heavy (non-hydrogen) atoms. The molecule has 3 rings (SSSR count). The fourth-order valence-corrected chi connectivity index (χ4v) is 3.30. The smallest absolute Gasteiger partial charge is 0.257 e. The molecule has 7 heteroatoms. The Hall–Kier alpha value is -2.08. The molecule has 2 aromatic carbocycles. The Kier molecular flexibility index (Phi) is 5.27. The van der Waals surface area contributed by atoms with Crippen LogP contribution in [0.5, 0.6) is 0 Å². The van der Waals surface area contributed by atoms with Crippen molar-refractivity contribution in [1.82, 2.24) is 4.98 Å². The van der Waals surface area contributed by atoms with Crippen molar-refractivity contribution in [2.45, 2.75) is 0 Å². The van der Waals surface area contributed by atoms with Crippen molar-refractivity contribution in [1.29, 1.82) is 0 Å². The summed E-state index contributed by atoms with van der Waals surface area (Å²) in [5.41, 5.74) is 2.52. The van der Waals surface area contributed by atoms with Crippen molar-refractivity contribution in [3.8, 4) is 10.4 Å². The van der Waals surface area contributed by atoms with Crippen LogP contribution in [0.4, 0.5) is 10.8 Å². The van der Waals surface area contributed by atoms with E-state index in [1.165, 1.54) is 11.3 Å². The van der Waals surface area contributed by atoms with Gasteiger partial charge in [0, 0.05) is 31.5 Å². The summed E-state index contributed by atoms with van der Waals surface area (Å²) in [5.74, 6) is -0.194. The summed E-state index contributed by atoms with van der Waals surface area (Å²) in [6, 6.07) is 12.8. The Labute approximate surface area is 160 Å². The highest BCUT2D eigenvalue weighted by Gasteiger charge is 2.11. The van der Waals surface area contributed by atoms with E-state index >= 15 is 0 Å². The molecule has 0 unspecified atom stereocenters. The number of halogens is 2. The van der Waals surface area contributed by atoms with Crippen molar-refractivity contribution in [3.05, 3.63) is 64.3 Å². The average Bonchev–Trinajstić information content (AvgIpc) is 3.06. The maximum Gasteiger partial charge on any atom is 0.257 e. The number of rotatable bonds is 4. The fraction of sp³-hybridized carbons (Fsp3) is 0.111. The molecule has 128 valence electrons. The lowest BCUT2D eigenvalue weighted by atomic mass is 10.2. The van der Waals surface area contributed by atoms with Gasteiger partial charge in [-0.1, -0.05) is 40.6 Å². The van der Waals surface area contributed by atoms with E-state index in [4.69, 9.17) is 23.2 Å². The van der Waals surface area contributed by atoms with Gasteiger partial charge in [0.15, 0.2) is 5.13 Å². The van der Waals surface area contributed by atoms with E-state index in [9.17, 15) is 4.79 Å². The maximum atomic E-state index is 12.3.